The number of piperazine rings is 1. The maximum atomic E-state index is 12.4. The van der Waals surface area contributed by atoms with Gasteiger partial charge in [0, 0.05) is 30.1 Å². The number of nitrogens with one attached hydrogen (secondary N) is 1. The van der Waals surface area contributed by atoms with Crippen LogP contribution in [0.1, 0.15) is 23.2 Å². The van der Waals surface area contributed by atoms with Crippen molar-refractivity contribution in [1.82, 2.24) is 10.2 Å². The van der Waals surface area contributed by atoms with Crippen molar-refractivity contribution >= 4 is 21.8 Å². The first-order valence-electron chi connectivity index (χ1n) is 7.61. The molecule has 23 heavy (non-hydrogen) atoms. The van der Waals surface area contributed by atoms with Gasteiger partial charge in [0.25, 0.3) is 5.91 Å². The number of carbonyl (C=O) groups is 1. The van der Waals surface area contributed by atoms with Crippen molar-refractivity contribution in [1.29, 1.82) is 0 Å². The fourth-order valence-electron chi connectivity index (χ4n) is 2.53. The van der Waals surface area contributed by atoms with Gasteiger partial charge in [0.05, 0.1) is 0 Å². The molecule has 1 saturated heterocycles. The van der Waals surface area contributed by atoms with Crippen molar-refractivity contribution in [2.24, 2.45) is 0 Å². The zero-order valence-corrected chi connectivity index (χ0v) is 14.5. The van der Waals surface area contributed by atoms with Crippen LogP contribution in [-0.4, -0.2) is 36.5 Å². The number of hydrogen-bond acceptors (Lipinski definition) is 4. The maximum Gasteiger partial charge on any atom is 0.289 e. The Bertz CT molecular complexity index is 669. The van der Waals surface area contributed by atoms with E-state index in [1.807, 2.05) is 29.2 Å². The van der Waals surface area contributed by atoms with Crippen molar-refractivity contribution < 1.29 is 13.9 Å². The van der Waals surface area contributed by atoms with E-state index in [9.17, 15) is 4.79 Å². The zero-order chi connectivity index (χ0) is 16.2. The first kappa shape index (κ1) is 16.1. The standard InChI is InChI=1S/C17H19BrN2O3/c1-12-10-20(9-8-19-12)17(21)16-7-6-15(23-16)11-22-14-4-2-13(18)3-5-14/h2-7,12,19H,8-11H2,1H3. The highest BCUT2D eigenvalue weighted by atomic mass is 79.9. The molecule has 3 rings (SSSR count). The van der Waals surface area contributed by atoms with Crippen LogP contribution < -0.4 is 10.1 Å². The molecular weight excluding hydrogens is 360 g/mol. The Morgan fingerprint density at radius 3 is 2.87 bits per heavy atom. The molecule has 2 aromatic rings. The summed E-state index contributed by atoms with van der Waals surface area (Å²) in [4.78, 5) is 14.2. The number of rotatable bonds is 4. The van der Waals surface area contributed by atoms with Crippen LogP contribution in [0.2, 0.25) is 0 Å². The van der Waals surface area contributed by atoms with E-state index in [-0.39, 0.29) is 5.91 Å². The van der Waals surface area contributed by atoms with Gasteiger partial charge in [0.15, 0.2) is 5.76 Å². The van der Waals surface area contributed by atoms with Crippen LogP contribution in [0.5, 0.6) is 5.75 Å². The molecule has 1 N–H and O–H groups in total. The predicted octanol–water partition coefficient (Wildman–Crippen LogP) is 3.06. The van der Waals surface area contributed by atoms with Gasteiger partial charge in [-0.1, -0.05) is 15.9 Å². The van der Waals surface area contributed by atoms with Crippen LogP contribution in [0.25, 0.3) is 0 Å². The molecule has 0 spiro atoms. The number of halogens is 1. The molecule has 1 unspecified atom stereocenters. The molecule has 0 saturated carbocycles. The summed E-state index contributed by atoms with van der Waals surface area (Å²) in [7, 11) is 0. The highest BCUT2D eigenvalue weighted by molar-refractivity contribution is 9.10. The van der Waals surface area contributed by atoms with E-state index < -0.39 is 0 Å². The lowest BCUT2D eigenvalue weighted by Gasteiger charge is -2.31. The van der Waals surface area contributed by atoms with Crippen LogP contribution in [0.4, 0.5) is 0 Å². The Hall–Kier alpha value is -1.79. The van der Waals surface area contributed by atoms with Crippen molar-refractivity contribution in [3.63, 3.8) is 0 Å². The smallest absolute Gasteiger partial charge is 0.289 e. The summed E-state index contributed by atoms with van der Waals surface area (Å²) in [6.07, 6.45) is 0. The highest BCUT2D eigenvalue weighted by Crippen LogP contribution is 2.18. The summed E-state index contributed by atoms with van der Waals surface area (Å²) < 4.78 is 12.3. The molecular formula is C17H19BrN2O3. The van der Waals surface area contributed by atoms with Crippen molar-refractivity contribution in [3.05, 3.63) is 52.4 Å². The first-order valence-corrected chi connectivity index (χ1v) is 8.41. The molecule has 1 amide bonds. The average Bonchev–Trinajstić information content (AvgIpc) is 3.02. The molecule has 5 nitrogen and oxygen atoms in total. The van der Waals surface area contributed by atoms with E-state index in [1.165, 1.54) is 0 Å². The number of hydrogen-bond donors (Lipinski definition) is 1. The third-order valence-electron chi connectivity index (χ3n) is 3.72. The topological polar surface area (TPSA) is 54.7 Å². The van der Waals surface area contributed by atoms with Gasteiger partial charge < -0.3 is 19.4 Å². The van der Waals surface area contributed by atoms with Crippen molar-refractivity contribution in [3.8, 4) is 5.75 Å². The van der Waals surface area contributed by atoms with Gasteiger partial charge in [-0.3, -0.25) is 4.79 Å². The summed E-state index contributed by atoms with van der Waals surface area (Å²) in [6, 6.07) is 11.4. The third kappa shape index (κ3) is 4.14. The van der Waals surface area contributed by atoms with Gasteiger partial charge in [-0.25, -0.2) is 0 Å². The van der Waals surface area contributed by atoms with Gasteiger partial charge in [0.2, 0.25) is 0 Å². The third-order valence-corrected chi connectivity index (χ3v) is 4.25. The Labute approximate surface area is 143 Å². The second kappa shape index (κ2) is 7.19. The predicted molar refractivity (Wildman–Crippen MR) is 90.6 cm³/mol. The minimum Gasteiger partial charge on any atom is -0.486 e. The second-order valence-electron chi connectivity index (χ2n) is 5.61. The maximum absolute atomic E-state index is 12.4. The Morgan fingerprint density at radius 2 is 2.13 bits per heavy atom. The van der Waals surface area contributed by atoms with E-state index in [2.05, 4.69) is 28.2 Å². The largest absolute Gasteiger partial charge is 0.486 e. The number of carbonyl (C=O) groups excluding carboxylic acids is 1. The summed E-state index contributed by atoms with van der Waals surface area (Å²) in [5.74, 6) is 1.70. The summed E-state index contributed by atoms with van der Waals surface area (Å²) in [6.45, 7) is 4.58. The number of furan rings is 1. The second-order valence-corrected chi connectivity index (χ2v) is 6.53. The molecule has 0 radical (unpaired) electrons. The zero-order valence-electron chi connectivity index (χ0n) is 12.9. The Kier molecular flexibility index (Phi) is 5.03. The Balaban J connectivity index is 1.59. The molecule has 6 heteroatoms. The number of ether oxygens (including phenoxy) is 1. The summed E-state index contributed by atoms with van der Waals surface area (Å²) >= 11 is 3.38. The average molecular weight is 379 g/mol. The molecule has 1 aliphatic rings. The van der Waals surface area contributed by atoms with Gasteiger partial charge in [-0.05, 0) is 43.3 Å². The van der Waals surface area contributed by atoms with Crippen molar-refractivity contribution in [2.75, 3.05) is 19.6 Å². The molecule has 122 valence electrons. The normalized spacial score (nSPS) is 18.0. The van der Waals surface area contributed by atoms with Gasteiger partial charge in [-0.15, -0.1) is 0 Å². The van der Waals surface area contributed by atoms with Crippen LogP contribution in [-0.2, 0) is 6.61 Å². The lowest BCUT2D eigenvalue weighted by atomic mass is 10.2. The highest BCUT2D eigenvalue weighted by Gasteiger charge is 2.23. The lowest BCUT2D eigenvalue weighted by Crippen LogP contribution is -2.51. The van der Waals surface area contributed by atoms with E-state index in [1.54, 1.807) is 12.1 Å². The minimum absolute atomic E-state index is 0.0618. The van der Waals surface area contributed by atoms with Gasteiger partial charge in [-0.2, -0.15) is 0 Å². The van der Waals surface area contributed by atoms with Crippen LogP contribution in [0, 0.1) is 0 Å². The van der Waals surface area contributed by atoms with Crippen LogP contribution in [0.15, 0.2) is 45.3 Å². The fraction of sp³-hybridized carbons (Fsp3) is 0.353. The first-order chi connectivity index (χ1) is 11.1. The monoisotopic (exact) mass is 378 g/mol. The number of benzene rings is 1. The van der Waals surface area contributed by atoms with Gasteiger partial charge >= 0.3 is 0 Å². The van der Waals surface area contributed by atoms with E-state index in [0.717, 1.165) is 16.8 Å². The van der Waals surface area contributed by atoms with Crippen LogP contribution >= 0.6 is 15.9 Å². The van der Waals surface area contributed by atoms with E-state index in [4.69, 9.17) is 9.15 Å². The molecule has 1 aliphatic heterocycles. The molecule has 1 atom stereocenters. The molecule has 2 heterocycles. The number of amides is 1. The van der Waals surface area contributed by atoms with Crippen LogP contribution in [0.3, 0.4) is 0 Å². The van der Waals surface area contributed by atoms with Crippen molar-refractivity contribution in [2.45, 2.75) is 19.6 Å². The molecule has 1 aromatic carbocycles. The SMILES string of the molecule is CC1CN(C(=O)c2ccc(COc3ccc(Br)cc3)o2)CCN1. The van der Waals surface area contributed by atoms with Gasteiger partial charge in [0.1, 0.15) is 18.1 Å². The minimum atomic E-state index is -0.0618. The summed E-state index contributed by atoms with van der Waals surface area (Å²) in [5.41, 5.74) is 0. The molecule has 1 aromatic heterocycles. The van der Waals surface area contributed by atoms with E-state index in [0.29, 0.717) is 37.3 Å². The molecule has 1 fully saturated rings. The van der Waals surface area contributed by atoms with E-state index >= 15 is 0 Å². The molecule has 0 aliphatic carbocycles. The lowest BCUT2D eigenvalue weighted by molar-refractivity contribution is 0.0673. The fourth-order valence-corrected chi connectivity index (χ4v) is 2.79. The Morgan fingerprint density at radius 1 is 1.35 bits per heavy atom. The quantitative estimate of drug-likeness (QED) is 0.887. The molecule has 0 bridgehead atoms. The summed E-state index contributed by atoms with van der Waals surface area (Å²) in [5, 5.41) is 3.32. The number of nitrogens with zero attached hydrogens (tertiary/aromatic N) is 1.